The van der Waals surface area contributed by atoms with Crippen molar-refractivity contribution in [3.8, 4) is 5.88 Å². The third-order valence-corrected chi connectivity index (χ3v) is 5.36. The summed E-state index contributed by atoms with van der Waals surface area (Å²) in [7, 11) is 0. The zero-order chi connectivity index (χ0) is 22.8. The number of aromatic nitrogens is 3. The number of halogens is 2. The van der Waals surface area contributed by atoms with E-state index in [0.29, 0.717) is 26.1 Å². The Morgan fingerprint density at radius 3 is 2.77 bits per heavy atom. The molecule has 1 amide bonds. The van der Waals surface area contributed by atoms with Crippen molar-refractivity contribution in [3.63, 3.8) is 0 Å². The molecule has 9 nitrogen and oxygen atoms in total. The normalized spacial score (nSPS) is 17.5. The molecule has 3 rings (SSSR count). The molecular formula is C19H25ClFN5O4S. The van der Waals surface area contributed by atoms with Gasteiger partial charge in [0, 0.05) is 25.7 Å². The van der Waals surface area contributed by atoms with Gasteiger partial charge in [-0.3, -0.25) is 4.79 Å². The number of ether oxygens (including phenoxy) is 2. The fourth-order valence-corrected chi connectivity index (χ4v) is 3.61. The van der Waals surface area contributed by atoms with Gasteiger partial charge in [-0.05, 0) is 33.4 Å². The van der Waals surface area contributed by atoms with Crippen LogP contribution in [0, 0.1) is 5.82 Å². The van der Waals surface area contributed by atoms with E-state index in [1.54, 1.807) is 11.2 Å². The Morgan fingerprint density at radius 2 is 2.10 bits per heavy atom. The topological polar surface area (TPSA) is 109 Å². The van der Waals surface area contributed by atoms with Crippen LogP contribution in [0.2, 0.25) is 5.15 Å². The molecular weight excluding hydrogens is 449 g/mol. The number of aromatic amines is 1. The lowest BCUT2D eigenvalue weighted by atomic mass is 10.2. The van der Waals surface area contributed by atoms with Crippen LogP contribution >= 0.6 is 23.4 Å². The summed E-state index contributed by atoms with van der Waals surface area (Å²) >= 11 is 7.07. The Balaban J connectivity index is 1.72. The van der Waals surface area contributed by atoms with Gasteiger partial charge in [0.15, 0.2) is 16.1 Å². The van der Waals surface area contributed by atoms with Gasteiger partial charge < -0.3 is 24.7 Å². The van der Waals surface area contributed by atoms with Gasteiger partial charge in [-0.15, -0.1) is 0 Å². The molecule has 0 spiro atoms. The van der Waals surface area contributed by atoms with E-state index >= 15 is 0 Å². The lowest BCUT2D eigenvalue weighted by Crippen LogP contribution is -2.38. The first-order chi connectivity index (χ1) is 14.6. The molecule has 31 heavy (non-hydrogen) atoms. The van der Waals surface area contributed by atoms with Crippen LogP contribution in [0.3, 0.4) is 0 Å². The molecule has 3 heterocycles. The van der Waals surface area contributed by atoms with Gasteiger partial charge >= 0.3 is 6.09 Å². The predicted octanol–water partition coefficient (Wildman–Crippen LogP) is 2.81. The van der Waals surface area contributed by atoms with Crippen molar-refractivity contribution in [3.05, 3.63) is 21.3 Å². The Morgan fingerprint density at radius 1 is 1.35 bits per heavy atom. The van der Waals surface area contributed by atoms with Gasteiger partial charge in [0.2, 0.25) is 5.88 Å². The lowest BCUT2D eigenvalue weighted by Gasteiger charge is -2.26. The molecule has 0 bridgehead atoms. The Labute approximate surface area is 188 Å². The minimum atomic E-state index is -0.869. The molecule has 1 unspecified atom stereocenters. The van der Waals surface area contributed by atoms with Crippen LogP contribution in [0.5, 0.6) is 5.88 Å². The average molecular weight is 474 g/mol. The summed E-state index contributed by atoms with van der Waals surface area (Å²) in [5.74, 6) is -0.955. The van der Waals surface area contributed by atoms with Crippen LogP contribution < -0.4 is 15.6 Å². The third-order valence-electron chi connectivity index (χ3n) is 4.53. The number of thioether (sulfide) groups is 1. The van der Waals surface area contributed by atoms with E-state index in [2.05, 4.69) is 20.3 Å². The molecule has 12 heteroatoms. The van der Waals surface area contributed by atoms with Crippen LogP contribution in [0.25, 0.3) is 10.9 Å². The summed E-state index contributed by atoms with van der Waals surface area (Å²) in [4.78, 5) is 37.0. The number of nitrogens with zero attached hydrogens (tertiary/aromatic N) is 3. The number of pyridine rings is 1. The molecule has 1 fully saturated rings. The second kappa shape index (κ2) is 9.58. The van der Waals surface area contributed by atoms with E-state index in [1.165, 1.54) is 11.8 Å². The standard InChI is InChI=1S/C19H25ClFN5O4S/c1-19(2,3)30-18(28)26-7-5-10(22-6-8-26)9-29-16-11-13(12(21)14(20)24-16)23-17(31-4)25-15(11)27/h10,22H,5-9H2,1-4H3,(H,23,25,27). The number of hydrogen-bond acceptors (Lipinski definition) is 8. The number of hydrogen-bond donors (Lipinski definition) is 2. The van der Waals surface area contributed by atoms with E-state index in [1.807, 2.05) is 20.8 Å². The summed E-state index contributed by atoms with van der Waals surface area (Å²) < 4.78 is 25.6. The molecule has 2 aromatic rings. The largest absolute Gasteiger partial charge is 0.475 e. The van der Waals surface area contributed by atoms with Crippen molar-refractivity contribution in [1.29, 1.82) is 0 Å². The summed E-state index contributed by atoms with van der Waals surface area (Å²) in [6.07, 6.45) is 1.94. The molecule has 1 aliphatic rings. The summed E-state index contributed by atoms with van der Waals surface area (Å²) in [5.41, 5.74) is -1.31. The highest BCUT2D eigenvalue weighted by Gasteiger charge is 2.26. The monoisotopic (exact) mass is 473 g/mol. The van der Waals surface area contributed by atoms with E-state index in [9.17, 15) is 14.0 Å². The van der Waals surface area contributed by atoms with Crippen molar-refractivity contribution in [2.45, 2.75) is 44.0 Å². The number of H-pyrrole nitrogens is 1. The fourth-order valence-electron chi connectivity index (χ4n) is 3.06. The number of fused-ring (bicyclic) bond motifs is 1. The number of amides is 1. The molecule has 1 atom stereocenters. The number of carbonyl (C=O) groups is 1. The number of carbonyl (C=O) groups excluding carboxylic acids is 1. The van der Waals surface area contributed by atoms with E-state index in [4.69, 9.17) is 21.1 Å². The van der Waals surface area contributed by atoms with Crippen molar-refractivity contribution in [1.82, 2.24) is 25.2 Å². The van der Waals surface area contributed by atoms with Crippen molar-refractivity contribution in [2.75, 3.05) is 32.5 Å². The molecule has 0 aliphatic carbocycles. The quantitative estimate of drug-likeness (QED) is 0.396. The highest BCUT2D eigenvalue weighted by molar-refractivity contribution is 7.98. The fraction of sp³-hybridized carbons (Fsp3) is 0.579. The first-order valence-corrected chi connectivity index (χ1v) is 11.4. The van der Waals surface area contributed by atoms with Gasteiger partial charge in [-0.1, -0.05) is 23.4 Å². The predicted molar refractivity (Wildman–Crippen MR) is 117 cm³/mol. The second-order valence-corrected chi connectivity index (χ2v) is 9.19. The Bertz CT molecular complexity index is 1030. The first-order valence-electron chi connectivity index (χ1n) is 9.76. The van der Waals surface area contributed by atoms with Crippen molar-refractivity contribution < 1.29 is 18.7 Å². The highest BCUT2D eigenvalue weighted by Crippen LogP contribution is 2.27. The first kappa shape index (κ1) is 23.6. The van der Waals surface area contributed by atoms with Crippen molar-refractivity contribution in [2.24, 2.45) is 0 Å². The minimum Gasteiger partial charge on any atom is -0.475 e. The SMILES string of the molecule is CSc1nc2c(F)c(Cl)nc(OCC3CCN(C(=O)OC(C)(C)C)CCN3)c2c(=O)[nH]1. The Kier molecular flexibility index (Phi) is 7.28. The van der Waals surface area contributed by atoms with E-state index < -0.39 is 22.1 Å². The summed E-state index contributed by atoms with van der Waals surface area (Å²) in [5, 5.41) is 3.04. The molecule has 0 aromatic carbocycles. The molecule has 1 saturated heterocycles. The molecule has 0 saturated carbocycles. The van der Waals surface area contributed by atoms with Gasteiger partial charge in [-0.2, -0.15) is 4.98 Å². The van der Waals surface area contributed by atoms with Crippen LogP contribution in [-0.2, 0) is 4.74 Å². The molecule has 1 aliphatic heterocycles. The number of rotatable bonds is 4. The highest BCUT2D eigenvalue weighted by atomic mass is 35.5. The average Bonchev–Trinajstić information content (AvgIpc) is 2.94. The van der Waals surface area contributed by atoms with E-state index in [-0.39, 0.29) is 40.7 Å². The smallest absolute Gasteiger partial charge is 0.410 e. The molecule has 0 radical (unpaired) electrons. The summed E-state index contributed by atoms with van der Waals surface area (Å²) in [6, 6.07) is -0.120. The third kappa shape index (κ3) is 5.78. The maximum absolute atomic E-state index is 14.4. The minimum absolute atomic E-state index is 0.0853. The maximum Gasteiger partial charge on any atom is 0.410 e. The zero-order valence-corrected chi connectivity index (χ0v) is 19.3. The van der Waals surface area contributed by atoms with Crippen LogP contribution in [-0.4, -0.2) is 70.1 Å². The summed E-state index contributed by atoms with van der Waals surface area (Å²) in [6.45, 7) is 7.13. The van der Waals surface area contributed by atoms with Gasteiger partial charge in [0.1, 0.15) is 23.1 Å². The maximum atomic E-state index is 14.4. The van der Waals surface area contributed by atoms with E-state index in [0.717, 1.165) is 0 Å². The van der Waals surface area contributed by atoms with Crippen LogP contribution in [0.15, 0.2) is 9.95 Å². The van der Waals surface area contributed by atoms with Gasteiger partial charge in [0.05, 0.1) is 0 Å². The lowest BCUT2D eigenvalue weighted by molar-refractivity contribution is 0.0260. The second-order valence-electron chi connectivity index (χ2n) is 8.04. The van der Waals surface area contributed by atoms with Crippen molar-refractivity contribution >= 4 is 40.4 Å². The molecule has 2 aromatic heterocycles. The van der Waals surface area contributed by atoms with Crippen LogP contribution in [0.1, 0.15) is 27.2 Å². The number of nitrogens with one attached hydrogen (secondary N) is 2. The zero-order valence-electron chi connectivity index (χ0n) is 17.8. The van der Waals surface area contributed by atoms with Crippen LogP contribution in [0.4, 0.5) is 9.18 Å². The molecule has 2 N–H and O–H groups in total. The van der Waals surface area contributed by atoms with Gasteiger partial charge in [0.25, 0.3) is 5.56 Å². The molecule has 170 valence electrons. The Hall–Kier alpha value is -2.11. The van der Waals surface area contributed by atoms with Gasteiger partial charge in [-0.25, -0.2) is 14.2 Å².